The molecular weight excluding hydrogens is 342 g/mol. The third-order valence-electron chi connectivity index (χ3n) is 6.06. The molecule has 144 valence electrons. The Hall–Kier alpha value is -2.63. The minimum Gasteiger partial charge on any atom is -0.369 e. The van der Waals surface area contributed by atoms with Gasteiger partial charge in [0, 0.05) is 32.1 Å². The van der Waals surface area contributed by atoms with Crippen LogP contribution in [0.5, 0.6) is 0 Å². The van der Waals surface area contributed by atoms with E-state index < -0.39 is 5.41 Å². The van der Waals surface area contributed by atoms with Gasteiger partial charge in [0.1, 0.15) is 0 Å². The Kier molecular flexibility index (Phi) is 5.63. The van der Waals surface area contributed by atoms with Gasteiger partial charge in [-0.1, -0.05) is 36.9 Å². The van der Waals surface area contributed by atoms with Crippen molar-refractivity contribution in [2.75, 3.05) is 26.2 Å². The third-order valence-corrected chi connectivity index (χ3v) is 6.06. The fourth-order valence-corrected chi connectivity index (χ4v) is 4.28. The number of likely N-dealkylation sites (tertiary alicyclic amines) is 2. The van der Waals surface area contributed by atoms with Crippen LogP contribution in [0.25, 0.3) is 0 Å². The fraction of sp³-hybridized carbons (Fsp3) is 0.476. The number of primary amides is 1. The lowest BCUT2D eigenvalue weighted by Gasteiger charge is -2.42. The summed E-state index contributed by atoms with van der Waals surface area (Å²) in [5, 5.41) is 0. The van der Waals surface area contributed by atoms with Crippen LogP contribution in [-0.2, 0) is 19.8 Å². The molecule has 0 bridgehead atoms. The first-order valence-corrected chi connectivity index (χ1v) is 9.53. The third kappa shape index (κ3) is 3.75. The molecule has 0 saturated carbocycles. The standard InChI is InChI=1S/C21H27N3O3/c1-2-18(25)23-12-8-16(9-13-23)19(26)24-14-10-21(11-15-24,20(22)27)17-6-4-3-5-7-17/h2-7,16H,1,8-15H2,(H2,22,27). The summed E-state index contributed by atoms with van der Waals surface area (Å²) in [7, 11) is 0. The molecule has 6 nitrogen and oxygen atoms in total. The van der Waals surface area contributed by atoms with Crippen LogP contribution >= 0.6 is 0 Å². The lowest BCUT2D eigenvalue weighted by molar-refractivity contribution is -0.142. The number of hydrogen-bond acceptors (Lipinski definition) is 3. The van der Waals surface area contributed by atoms with Crippen molar-refractivity contribution in [1.29, 1.82) is 0 Å². The van der Waals surface area contributed by atoms with Crippen LogP contribution in [0.15, 0.2) is 43.0 Å². The summed E-state index contributed by atoms with van der Waals surface area (Å²) in [5.74, 6) is -0.325. The molecule has 0 atom stereocenters. The lowest BCUT2D eigenvalue weighted by Crippen LogP contribution is -2.53. The van der Waals surface area contributed by atoms with Crippen LogP contribution in [-0.4, -0.2) is 53.7 Å². The van der Waals surface area contributed by atoms with Crippen LogP contribution < -0.4 is 5.73 Å². The number of nitrogens with zero attached hydrogens (tertiary/aromatic N) is 2. The molecule has 6 heteroatoms. The highest BCUT2D eigenvalue weighted by Gasteiger charge is 2.43. The molecule has 2 aliphatic heterocycles. The van der Waals surface area contributed by atoms with Gasteiger partial charge in [0.25, 0.3) is 0 Å². The Labute approximate surface area is 160 Å². The van der Waals surface area contributed by atoms with Crippen LogP contribution in [0.2, 0.25) is 0 Å². The van der Waals surface area contributed by atoms with Crippen molar-refractivity contribution in [1.82, 2.24) is 9.80 Å². The first-order valence-electron chi connectivity index (χ1n) is 9.53. The van der Waals surface area contributed by atoms with Crippen molar-refractivity contribution < 1.29 is 14.4 Å². The maximum absolute atomic E-state index is 12.9. The van der Waals surface area contributed by atoms with Crippen molar-refractivity contribution in [3.63, 3.8) is 0 Å². The zero-order chi connectivity index (χ0) is 19.4. The number of carbonyl (C=O) groups is 3. The monoisotopic (exact) mass is 369 g/mol. The highest BCUT2D eigenvalue weighted by molar-refractivity contribution is 5.88. The van der Waals surface area contributed by atoms with E-state index in [4.69, 9.17) is 5.73 Å². The van der Waals surface area contributed by atoms with Gasteiger partial charge in [-0.25, -0.2) is 0 Å². The van der Waals surface area contributed by atoms with Gasteiger partial charge in [0.2, 0.25) is 17.7 Å². The molecule has 2 heterocycles. The molecule has 2 saturated heterocycles. The van der Waals surface area contributed by atoms with Crippen LogP contribution in [0.3, 0.4) is 0 Å². The number of amides is 3. The summed E-state index contributed by atoms with van der Waals surface area (Å²) in [4.78, 5) is 40.4. The van der Waals surface area contributed by atoms with Crippen molar-refractivity contribution in [2.24, 2.45) is 11.7 Å². The summed E-state index contributed by atoms with van der Waals surface area (Å²) >= 11 is 0. The zero-order valence-electron chi connectivity index (χ0n) is 15.6. The van der Waals surface area contributed by atoms with Crippen molar-refractivity contribution in [3.05, 3.63) is 48.6 Å². The Bertz CT molecular complexity index is 715. The fourth-order valence-electron chi connectivity index (χ4n) is 4.28. The second-order valence-electron chi connectivity index (χ2n) is 7.44. The second kappa shape index (κ2) is 7.94. The Morgan fingerprint density at radius 1 is 1.00 bits per heavy atom. The molecule has 0 spiro atoms. The first kappa shape index (κ1) is 19.1. The van der Waals surface area contributed by atoms with Gasteiger partial charge in [0.05, 0.1) is 5.41 Å². The topological polar surface area (TPSA) is 83.7 Å². The van der Waals surface area contributed by atoms with Gasteiger partial charge in [-0.3, -0.25) is 14.4 Å². The van der Waals surface area contributed by atoms with Gasteiger partial charge < -0.3 is 15.5 Å². The maximum atomic E-state index is 12.9. The lowest BCUT2D eigenvalue weighted by atomic mass is 9.72. The van der Waals surface area contributed by atoms with Crippen molar-refractivity contribution >= 4 is 17.7 Å². The average Bonchev–Trinajstić information content (AvgIpc) is 2.73. The summed E-state index contributed by atoms with van der Waals surface area (Å²) in [6, 6.07) is 9.62. The van der Waals surface area contributed by atoms with Gasteiger partial charge in [-0.2, -0.15) is 0 Å². The molecule has 0 unspecified atom stereocenters. The van der Waals surface area contributed by atoms with E-state index in [9.17, 15) is 14.4 Å². The number of hydrogen-bond donors (Lipinski definition) is 1. The van der Waals surface area contributed by atoms with E-state index in [1.165, 1.54) is 6.08 Å². The van der Waals surface area contributed by atoms with E-state index in [-0.39, 0.29) is 23.6 Å². The van der Waals surface area contributed by atoms with E-state index >= 15 is 0 Å². The molecule has 0 radical (unpaired) electrons. The normalized spacial score (nSPS) is 20.1. The van der Waals surface area contributed by atoms with Gasteiger partial charge in [0.15, 0.2) is 0 Å². The highest BCUT2D eigenvalue weighted by atomic mass is 16.2. The summed E-state index contributed by atoms with van der Waals surface area (Å²) in [6.45, 7) is 5.75. The predicted molar refractivity (Wildman–Crippen MR) is 103 cm³/mol. The zero-order valence-corrected chi connectivity index (χ0v) is 15.6. The van der Waals surface area contributed by atoms with Crippen molar-refractivity contribution in [2.45, 2.75) is 31.1 Å². The molecule has 2 fully saturated rings. The van der Waals surface area contributed by atoms with Crippen LogP contribution in [0.4, 0.5) is 0 Å². The molecule has 3 rings (SSSR count). The largest absolute Gasteiger partial charge is 0.369 e. The highest BCUT2D eigenvalue weighted by Crippen LogP contribution is 2.36. The van der Waals surface area contributed by atoms with Crippen LogP contribution in [0.1, 0.15) is 31.2 Å². The van der Waals surface area contributed by atoms with E-state index in [1.54, 1.807) is 4.90 Å². The van der Waals surface area contributed by atoms with E-state index in [0.717, 1.165) is 5.56 Å². The molecular formula is C21H27N3O3. The quantitative estimate of drug-likeness (QED) is 0.816. The number of rotatable bonds is 4. The Morgan fingerprint density at radius 2 is 1.59 bits per heavy atom. The molecule has 0 aliphatic carbocycles. The maximum Gasteiger partial charge on any atom is 0.245 e. The predicted octanol–water partition coefficient (Wildman–Crippen LogP) is 1.46. The van der Waals surface area contributed by atoms with E-state index in [0.29, 0.717) is 51.9 Å². The van der Waals surface area contributed by atoms with E-state index in [2.05, 4.69) is 6.58 Å². The number of nitrogens with two attached hydrogens (primary N) is 1. The van der Waals surface area contributed by atoms with Crippen molar-refractivity contribution in [3.8, 4) is 0 Å². The molecule has 27 heavy (non-hydrogen) atoms. The Balaban J connectivity index is 1.62. The molecule has 1 aromatic carbocycles. The van der Waals surface area contributed by atoms with Gasteiger partial charge >= 0.3 is 0 Å². The molecule has 2 aliphatic rings. The van der Waals surface area contributed by atoms with E-state index in [1.807, 2.05) is 35.2 Å². The average molecular weight is 369 g/mol. The molecule has 3 amide bonds. The van der Waals surface area contributed by atoms with Gasteiger partial charge in [-0.05, 0) is 37.3 Å². The number of benzene rings is 1. The SMILES string of the molecule is C=CC(=O)N1CCC(C(=O)N2CCC(C(N)=O)(c3ccccc3)CC2)CC1. The number of carbonyl (C=O) groups excluding carboxylic acids is 3. The number of piperidine rings is 2. The minimum atomic E-state index is -0.697. The molecule has 0 aromatic heterocycles. The van der Waals surface area contributed by atoms with Crippen LogP contribution in [0, 0.1) is 5.92 Å². The smallest absolute Gasteiger partial charge is 0.245 e. The first-order chi connectivity index (χ1) is 13.0. The summed E-state index contributed by atoms with van der Waals surface area (Å²) in [5.41, 5.74) is 6.00. The minimum absolute atomic E-state index is 0.0586. The summed E-state index contributed by atoms with van der Waals surface area (Å²) < 4.78 is 0. The van der Waals surface area contributed by atoms with Gasteiger partial charge in [-0.15, -0.1) is 0 Å². The molecule has 2 N–H and O–H groups in total. The molecule has 1 aromatic rings. The second-order valence-corrected chi connectivity index (χ2v) is 7.44. The Morgan fingerprint density at radius 3 is 2.11 bits per heavy atom. The summed E-state index contributed by atoms with van der Waals surface area (Å²) in [6.07, 6.45) is 3.76.